The number of hydrogen-bond donors (Lipinski definition) is 0. The largest absolute Gasteiger partial charge is 0.456 e. The van der Waals surface area contributed by atoms with Crippen LogP contribution in [-0.4, -0.2) is 40.3 Å². The lowest BCUT2D eigenvalue weighted by Gasteiger charge is -2.14. The molecule has 54 heavy (non-hydrogen) atoms. The number of nitriles is 1. The number of carbonyl (C=O) groups is 2. The Kier molecular flexibility index (Phi) is 12.1. The number of esters is 2. The minimum Gasteiger partial charge on any atom is -0.456 e. The molecule has 0 N–H and O–H groups in total. The van der Waals surface area contributed by atoms with Crippen LogP contribution in [0.1, 0.15) is 41.7 Å². The van der Waals surface area contributed by atoms with Crippen molar-refractivity contribution >= 4 is 31.6 Å². The molecule has 0 fully saturated rings. The van der Waals surface area contributed by atoms with E-state index in [0.29, 0.717) is 30.3 Å². The third kappa shape index (κ3) is 10.3. The van der Waals surface area contributed by atoms with Gasteiger partial charge in [0.2, 0.25) is 0 Å². The fraction of sp³-hybridized carbons (Fsp3) is 0.229. The average Bonchev–Trinajstić information content (AvgIpc) is 3.08. The zero-order valence-corrected chi connectivity index (χ0v) is 29.5. The van der Waals surface area contributed by atoms with Gasteiger partial charge in [0.1, 0.15) is 23.3 Å². The topological polar surface area (TPSA) is 154 Å². The summed E-state index contributed by atoms with van der Waals surface area (Å²) >= 11 is 0. The van der Waals surface area contributed by atoms with Gasteiger partial charge in [-0.2, -0.15) is 31.6 Å². The van der Waals surface area contributed by atoms with Crippen LogP contribution in [0, 0.1) is 17.1 Å². The molecule has 10 nitrogen and oxygen atoms in total. The summed E-state index contributed by atoms with van der Waals surface area (Å²) in [5.41, 5.74) is -3.81. The van der Waals surface area contributed by atoms with Crippen molar-refractivity contribution in [1.82, 2.24) is 0 Å². The lowest BCUT2D eigenvalue weighted by molar-refractivity contribution is -0.158. The van der Waals surface area contributed by atoms with Gasteiger partial charge in [0.25, 0.3) is 0 Å². The standard InChI is InChI=1S/C35H26F7NO9S2/c1-3-53(46,47)27-5-7-30(22(15-27)19-43)50-25-11-20(9-23(16-25)34(37,38)39)13-32(44)52-33(45)14-21-10-24(35(40,41)42)17-26(12-21)51-31-8-6-28(18-29(31)36)54(48,49)4-2/h5-12,15-18H,3-4,13-14H2,1-2H3. The summed E-state index contributed by atoms with van der Waals surface area (Å²) in [5, 5.41) is 9.50. The minimum atomic E-state index is -5.00. The molecule has 19 heteroatoms. The SMILES string of the molecule is CCS(=O)(=O)c1ccc(Oc2cc(CC(=O)OC(=O)Cc3cc(Oc4ccc(S(=O)(=O)CC)cc4C#N)cc(C(F)(F)F)c3)cc(C(F)(F)F)c2)c(F)c1. The number of nitrogens with zero attached hydrogens (tertiary/aromatic N) is 1. The number of sulfone groups is 2. The molecule has 0 saturated heterocycles. The molecule has 4 aromatic carbocycles. The smallest absolute Gasteiger partial charge is 0.416 e. The van der Waals surface area contributed by atoms with Gasteiger partial charge in [-0.05, 0) is 83.9 Å². The van der Waals surface area contributed by atoms with E-state index in [1.165, 1.54) is 13.8 Å². The van der Waals surface area contributed by atoms with Crippen LogP contribution in [0.25, 0.3) is 0 Å². The summed E-state index contributed by atoms with van der Waals surface area (Å²) in [4.78, 5) is 24.6. The Hall–Kier alpha value is -5.48. The quantitative estimate of drug-likeness (QED) is 0.0789. The van der Waals surface area contributed by atoms with Crippen molar-refractivity contribution in [2.45, 2.75) is 48.8 Å². The molecule has 0 aromatic heterocycles. The van der Waals surface area contributed by atoms with Crippen LogP contribution in [0.15, 0.2) is 82.6 Å². The number of rotatable bonds is 12. The van der Waals surface area contributed by atoms with Crippen molar-refractivity contribution in [3.8, 4) is 29.1 Å². The Morgan fingerprint density at radius 1 is 0.648 bits per heavy atom. The summed E-state index contributed by atoms with van der Waals surface area (Å²) in [5.74, 6) is -6.82. The van der Waals surface area contributed by atoms with E-state index in [1.54, 1.807) is 6.07 Å². The van der Waals surface area contributed by atoms with Crippen molar-refractivity contribution in [3.05, 3.63) is 106 Å². The Morgan fingerprint density at radius 2 is 1.07 bits per heavy atom. The van der Waals surface area contributed by atoms with E-state index in [4.69, 9.17) is 9.47 Å². The van der Waals surface area contributed by atoms with E-state index in [9.17, 15) is 62.4 Å². The number of ether oxygens (including phenoxy) is 3. The Labute approximate surface area is 303 Å². The molecule has 0 aliphatic heterocycles. The van der Waals surface area contributed by atoms with Gasteiger partial charge in [-0.1, -0.05) is 13.8 Å². The lowest BCUT2D eigenvalue weighted by atomic mass is 10.1. The van der Waals surface area contributed by atoms with Crippen molar-refractivity contribution in [2.75, 3.05) is 11.5 Å². The third-order valence-corrected chi connectivity index (χ3v) is 10.9. The van der Waals surface area contributed by atoms with Crippen molar-refractivity contribution < 1.29 is 71.4 Å². The van der Waals surface area contributed by atoms with Crippen LogP contribution < -0.4 is 9.47 Å². The molecule has 0 unspecified atom stereocenters. The summed E-state index contributed by atoms with van der Waals surface area (Å²) in [6.07, 6.45) is -11.9. The molecule has 4 aromatic rings. The summed E-state index contributed by atoms with van der Waals surface area (Å²) in [6, 6.07) is 11.2. The lowest BCUT2D eigenvalue weighted by Crippen LogP contribution is -2.17. The molecular formula is C35H26F7NO9S2. The monoisotopic (exact) mass is 801 g/mol. The zero-order valence-electron chi connectivity index (χ0n) is 27.8. The number of halogens is 7. The van der Waals surface area contributed by atoms with E-state index in [0.717, 1.165) is 42.5 Å². The van der Waals surface area contributed by atoms with E-state index in [1.807, 2.05) is 0 Å². The second kappa shape index (κ2) is 15.9. The van der Waals surface area contributed by atoms with E-state index >= 15 is 0 Å². The average molecular weight is 802 g/mol. The highest BCUT2D eigenvalue weighted by Gasteiger charge is 2.33. The minimum absolute atomic E-state index is 0.231. The van der Waals surface area contributed by atoms with Gasteiger partial charge >= 0.3 is 24.3 Å². The third-order valence-electron chi connectivity index (χ3n) is 7.42. The first-order valence-electron chi connectivity index (χ1n) is 15.4. The van der Waals surface area contributed by atoms with Gasteiger partial charge < -0.3 is 14.2 Å². The molecule has 4 rings (SSSR count). The highest BCUT2D eigenvalue weighted by molar-refractivity contribution is 7.91. The van der Waals surface area contributed by atoms with Gasteiger partial charge in [-0.3, -0.25) is 9.59 Å². The van der Waals surface area contributed by atoms with Crippen LogP contribution in [0.2, 0.25) is 0 Å². The van der Waals surface area contributed by atoms with Crippen molar-refractivity contribution in [2.24, 2.45) is 0 Å². The van der Waals surface area contributed by atoms with Gasteiger partial charge in [0.05, 0.1) is 50.8 Å². The second-order valence-corrected chi connectivity index (χ2v) is 15.9. The van der Waals surface area contributed by atoms with Crippen molar-refractivity contribution in [1.29, 1.82) is 5.26 Å². The fourth-order valence-electron chi connectivity index (χ4n) is 4.73. The molecule has 0 heterocycles. The van der Waals surface area contributed by atoms with Gasteiger partial charge in [0, 0.05) is 0 Å². The molecule has 0 aliphatic carbocycles. The molecular weight excluding hydrogens is 776 g/mol. The molecule has 0 atom stereocenters. The maximum absolute atomic E-state index is 14.7. The maximum Gasteiger partial charge on any atom is 0.416 e. The normalized spacial score (nSPS) is 12.1. The zero-order chi connectivity index (χ0) is 40.2. The van der Waals surface area contributed by atoms with Crippen LogP contribution >= 0.6 is 0 Å². The Morgan fingerprint density at radius 3 is 1.48 bits per heavy atom. The number of benzene rings is 4. The first kappa shape index (κ1) is 41.3. The van der Waals surface area contributed by atoms with Gasteiger partial charge in [-0.25, -0.2) is 21.2 Å². The molecule has 286 valence electrons. The summed E-state index contributed by atoms with van der Waals surface area (Å²) in [7, 11) is -7.58. The van der Waals surface area contributed by atoms with E-state index in [2.05, 4.69) is 4.74 Å². The molecule has 0 radical (unpaired) electrons. The van der Waals surface area contributed by atoms with Crippen LogP contribution in [0.4, 0.5) is 30.7 Å². The van der Waals surface area contributed by atoms with Crippen molar-refractivity contribution in [3.63, 3.8) is 0 Å². The summed E-state index contributed by atoms with van der Waals surface area (Å²) in [6.45, 7) is 2.68. The predicted molar refractivity (Wildman–Crippen MR) is 175 cm³/mol. The van der Waals surface area contributed by atoms with Crippen LogP contribution in [0.5, 0.6) is 23.0 Å². The van der Waals surface area contributed by atoms with E-state index < -0.39 is 107 Å². The van der Waals surface area contributed by atoms with E-state index in [-0.39, 0.29) is 27.7 Å². The highest BCUT2D eigenvalue weighted by Crippen LogP contribution is 2.37. The van der Waals surface area contributed by atoms with Crippen LogP contribution in [-0.2, 0) is 59.2 Å². The second-order valence-electron chi connectivity index (χ2n) is 11.3. The molecule has 0 spiro atoms. The number of carbonyl (C=O) groups excluding carboxylic acids is 2. The van der Waals surface area contributed by atoms with Crippen LogP contribution in [0.3, 0.4) is 0 Å². The molecule has 0 amide bonds. The highest BCUT2D eigenvalue weighted by atomic mass is 32.2. The number of alkyl halides is 6. The maximum atomic E-state index is 14.7. The molecule has 0 saturated carbocycles. The summed E-state index contributed by atoms with van der Waals surface area (Å²) < 4.78 is 161. The molecule has 0 aliphatic rings. The molecule has 0 bridgehead atoms. The predicted octanol–water partition coefficient (Wildman–Crippen LogP) is 7.76. The van der Waals surface area contributed by atoms with Gasteiger partial charge in [-0.15, -0.1) is 0 Å². The Bertz CT molecular complexity index is 2370. The number of hydrogen-bond acceptors (Lipinski definition) is 10. The first-order chi connectivity index (χ1) is 25.0. The fourth-order valence-corrected chi connectivity index (χ4v) is 6.53. The van der Waals surface area contributed by atoms with Gasteiger partial charge in [0.15, 0.2) is 31.2 Å². The Balaban J connectivity index is 1.54. The first-order valence-corrected chi connectivity index (χ1v) is 18.7.